The van der Waals surface area contributed by atoms with Crippen LogP contribution in [0.5, 0.6) is 0 Å². The van der Waals surface area contributed by atoms with E-state index in [4.69, 9.17) is 0 Å². The molecule has 3 rings (SSSR count). The Labute approximate surface area is 148 Å². The van der Waals surface area contributed by atoms with E-state index in [-0.39, 0.29) is 19.0 Å². The highest BCUT2D eigenvalue weighted by molar-refractivity contribution is 6.08. The van der Waals surface area contributed by atoms with Crippen LogP contribution < -0.4 is 5.32 Å². The minimum atomic E-state index is -0.716. The van der Waals surface area contributed by atoms with Gasteiger partial charge in [-0.1, -0.05) is 48.5 Å². The van der Waals surface area contributed by atoms with Crippen LogP contribution in [0, 0.1) is 0 Å². The molecule has 4 heteroatoms. The first-order chi connectivity index (χ1) is 11.0. The molecule has 128 valence electrons. The normalized spacial score (nSPS) is 15.0. The van der Waals surface area contributed by atoms with Crippen LogP contribution in [0.25, 0.3) is 21.5 Å². The summed E-state index contributed by atoms with van der Waals surface area (Å²) in [6.45, 7) is 4.01. The number of aliphatic hydroxyl groups excluding tert-OH is 2. The second-order valence-electron chi connectivity index (χ2n) is 6.41. The molecule has 3 aromatic rings. The van der Waals surface area contributed by atoms with Gasteiger partial charge in [0.2, 0.25) is 0 Å². The molecule has 0 bridgehead atoms. The summed E-state index contributed by atoms with van der Waals surface area (Å²) in [4.78, 5) is 0. The van der Waals surface area contributed by atoms with Gasteiger partial charge in [0, 0.05) is 6.54 Å². The molecule has 3 aromatic carbocycles. The molecule has 0 heterocycles. The van der Waals surface area contributed by atoms with Gasteiger partial charge in [0.15, 0.2) is 0 Å². The van der Waals surface area contributed by atoms with E-state index >= 15 is 0 Å². The van der Waals surface area contributed by atoms with Crippen molar-refractivity contribution in [2.75, 3.05) is 6.61 Å². The van der Waals surface area contributed by atoms with Gasteiger partial charge >= 0.3 is 0 Å². The molecule has 0 fully saturated rings. The minimum Gasteiger partial charge on any atom is -0.394 e. The van der Waals surface area contributed by atoms with E-state index in [1.807, 2.05) is 19.1 Å². The van der Waals surface area contributed by atoms with E-state index in [0.29, 0.717) is 6.54 Å². The smallest absolute Gasteiger partial charge is 0.0713 e. The van der Waals surface area contributed by atoms with Gasteiger partial charge in [0.1, 0.15) is 0 Å². The number of rotatable bonds is 5. The van der Waals surface area contributed by atoms with Crippen molar-refractivity contribution in [3.63, 3.8) is 0 Å². The molecule has 0 radical (unpaired) electrons. The molecule has 0 aliphatic carbocycles. The van der Waals surface area contributed by atoms with Crippen LogP contribution in [0.1, 0.15) is 19.4 Å². The average molecular weight is 346 g/mol. The molecule has 3 nitrogen and oxygen atoms in total. The van der Waals surface area contributed by atoms with Crippen LogP contribution in [0.3, 0.4) is 0 Å². The Hall–Kier alpha value is -1.65. The fourth-order valence-electron chi connectivity index (χ4n) is 2.91. The molecule has 0 aliphatic rings. The lowest BCUT2D eigenvalue weighted by Crippen LogP contribution is -2.53. The summed E-state index contributed by atoms with van der Waals surface area (Å²) in [5, 5.41) is 27.7. The Morgan fingerprint density at radius 3 is 2.21 bits per heavy atom. The first-order valence-electron chi connectivity index (χ1n) is 7.98. The van der Waals surface area contributed by atoms with Gasteiger partial charge in [-0.15, -0.1) is 12.4 Å². The summed E-state index contributed by atoms with van der Waals surface area (Å²) in [5.74, 6) is 0. The van der Waals surface area contributed by atoms with Crippen molar-refractivity contribution in [1.29, 1.82) is 0 Å². The Balaban J connectivity index is 0.00000208. The third-order valence-electron chi connectivity index (χ3n) is 4.79. The van der Waals surface area contributed by atoms with Crippen LogP contribution in [-0.2, 0) is 6.54 Å². The van der Waals surface area contributed by atoms with Crippen molar-refractivity contribution in [3.8, 4) is 0 Å². The van der Waals surface area contributed by atoms with Gasteiger partial charge in [-0.25, -0.2) is 0 Å². The number of hydrogen-bond acceptors (Lipinski definition) is 3. The highest BCUT2D eigenvalue weighted by Crippen LogP contribution is 2.29. The molecule has 0 unspecified atom stereocenters. The average Bonchev–Trinajstić information content (AvgIpc) is 2.59. The lowest BCUT2D eigenvalue weighted by Gasteiger charge is -2.32. The molecule has 24 heavy (non-hydrogen) atoms. The SMILES string of the molecule is C[C@H](O)[C@@](C)(CO)NCc1cc2ccccc2c2ccccc12.Cl. The zero-order valence-corrected chi connectivity index (χ0v) is 14.8. The van der Waals surface area contributed by atoms with Crippen LogP contribution in [0.4, 0.5) is 0 Å². The first-order valence-corrected chi connectivity index (χ1v) is 7.98. The Morgan fingerprint density at radius 2 is 1.58 bits per heavy atom. The van der Waals surface area contributed by atoms with Gasteiger partial charge in [0.25, 0.3) is 0 Å². The summed E-state index contributed by atoms with van der Waals surface area (Å²) >= 11 is 0. The standard InChI is InChI=1S/C20H23NO2.ClH/c1-14(23)20(2,13-22)21-12-16-11-15-7-3-4-8-17(15)19-10-6-5-9-18(16)19;/h3-11,14,21-23H,12-13H2,1-2H3;1H/t14-,20+;/m0./s1. The van der Waals surface area contributed by atoms with Gasteiger partial charge in [0.05, 0.1) is 18.2 Å². The Kier molecular flexibility index (Phi) is 5.83. The van der Waals surface area contributed by atoms with Crippen LogP contribution in [0.2, 0.25) is 0 Å². The number of nitrogens with one attached hydrogen (secondary N) is 1. The molecule has 0 saturated carbocycles. The van der Waals surface area contributed by atoms with E-state index in [1.54, 1.807) is 6.92 Å². The molecule has 0 aromatic heterocycles. The largest absolute Gasteiger partial charge is 0.394 e. The predicted molar refractivity (Wildman–Crippen MR) is 103 cm³/mol. The second kappa shape index (κ2) is 7.49. The van der Waals surface area contributed by atoms with Gasteiger partial charge in [-0.3, -0.25) is 0 Å². The number of halogens is 1. The van der Waals surface area contributed by atoms with Gasteiger partial charge in [-0.2, -0.15) is 0 Å². The molecule has 0 amide bonds. The van der Waals surface area contributed by atoms with E-state index in [2.05, 4.69) is 47.8 Å². The highest BCUT2D eigenvalue weighted by atomic mass is 35.5. The van der Waals surface area contributed by atoms with E-state index in [0.717, 1.165) is 0 Å². The number of hydrogen-bond donors (Lipinski definition) is 3. The van der Waals surface area contributed by atoms with Crippen molar-refractivity contribution in [1.82, 2.24) is 5.32 Å². The van der Waals surface area contributed by atoms with E-state index in [1.165, 1.54) is 27.1 Å². The first kappa shape index (κ1) is 18.7. The summed E-state index contributed by atoms with van der Waals surface area (Å²) in [5.41, 5.74) is 0.451. The maximum absolute atomic E-state index is 9.91. The van der Waals surface area contributed by atoms with Crippen LogP contribution in [0.15, 0.2) is 54.6 Å². The predicted octanol–water partition coefficient (Wildman–Crippen LogP) is 3.64. The van der Waals surface area contributed by atoms with Crippen molar-refractivity contribution in [2.24, 2.45) is 0 Å². The zero-order chi connectivity index (χ0) is 16.4. The van der Waals surface area contributed by atoms with Crippen molar-refractivity contribution < 1.29 is 10.2 Å². The van der Waals surface area contributed by atoms with E-state index < -0.39 is 11.6 Å². The Morgan fingerprint density at radius 1 is 1.00 bits per heavy atom. The van der Waals surface area contributed by atoms with Gasteiger partial charge in [-0.05, 0) is 47.0 Å². The molecular formula is C20H24ClNO2. The maximum Gasteiger partial charge on any atom is 0.0713 e. The third-order valence-corrected chi connectivity index (χ3v) is 4.79. The van der Waals surface area contributed by atoms with Crippen molar-refractivity contribution in [3.05, 3.63) is 60.2 Å². The summed E-state index contributed by atoms with van der Waals surface area (Å²) in [6.07, 6.45) is -0.640. The summed E-state index contributed by atoms with van der Waals surface area (Å²) in [7, 11) is 0. The molecule has 0 spiro atoms. The third kappa shape index (κ3) is 3.40. The van der Waals surface area contributed by atoms with Crippen LogP contribution >= 0.6 is 12.4 Å². The minimum absolute atomic E-state index is 0. The fraction of sp³-hybridized carbons (Fsp3) is 0.300. The molecule has 0 saturated heterocycles. The number of benzene rings is 3. The monoisotopic (exact) mass is 345 g/mol. The number of aliphatic hydroxyl groups is 2. The molecule has 0 aliphatic heterocycles. The number of fused-ring (bicyclic) bond motifs is 3. The zero-order valence-electron chi connectivity index (χ0n) is 14.0. The van der Waals surface area contributed by atoms with E-state index in [9.17, 15) is 10.2 Å². The topological polar surface area (TPSA) is 52.5 Å². The van der Waals surface area contributed by atoms with Crippen molar-refractivity contribution in [2.45, 2.75) is 32.0 Å². The fourth-order valence-corrected chi connectivity index (χ4v) is 2.91. The molecule has 3 N–H and O–H groups in total. The maximum atomic E-state index is 9.91. The second-order valence-corrected chi connectivity index (χ2v) is 6.41. The highest BCUT2D eigenvalue weighted by Gasteiger charge is 2.28. The molecular weight excluding hydrogens is 322 g/mol. The molecule has 2 atom stereocenters. The van der Waals surface area contributed by atoms with Gasteiger partial charge < -0.3 is 15.5 Å². The Bertz CT molecular complexity index is 834. The summed E-state index contributed by atoms with van der Waals surface area (Å²) < 4.78 is 0. The lowest BCUT2D eigenvalue weighted by atomic mass is 9.94. The van der Waals surface area contributed by atoms with Crippen LogP contribution in [-0.4, -0.2) is 28.5 Å². The van der Waals surface area contributed by atoms with Crippen molar-refractivity contribution >= 4 is 34.0 Å². The quantitative estimate of drug-likeness (QED) is 0.619. The summed E-state index contributed by atoms with van der Waals surface area (Å²) in [6, 6.07) is 18.9. The lowest BCUT2D eigenvalue weighted by molar-refractivity contribution is 0.0404.